The number of carbonyl (C=O) groups excluding carboxylic acids is 2. The molecule has 0 aromatic carbocycles. The van der Waals surface area contributed by atoms with E-state index in [0.717, 1.165) is 0 Å². The van der Waals surface area contributed by atoms with Gasteiger partial charge in [0.1, 0.15) is 5.82 Å². The number of hydrogen-bond donors (Lipinski definition) is 1. The van der Waals surface area contributed by atoms with E-state index >= 15 is 0 Å². The van der Waals surface area contributed by atoms with Crippen molar-refractivity contribution in [2.75, 3.05) is 18.8 Å². The maximum atomic E-state index is 12.3. The molecule has 2 amide bonds. The van der Waals surface area contributed by atoms with Crippen LogP contribution in [0.5, 0.6) is 0 Å². The zero-order chi connectivity index (χ0) is 17.0. The maximum absolute atomic E-state index is 12.3. The quantitative estimate of drug-likeness (QED) is 0.728. The molecule has 1 fully saturated rings. The topological polar surface area (TPSA) is 103 Å². The summed E-state index contributed by atoms with van der Waals surface area (Å²) in [7, 11) is 1.82. The largest absolute Gasteiger partial charge is 0.372 e. The van der Waals surface area contributed by atoms with Crippen molar-refractivity contribution in [3.63, 3.8) is 0 Å². The predicted molar refractivity (Wildman–Crippen MR) is 85.8 cm³/mol. The highest BCUT2D eigenvalue weighted by atomic mass is 32.2. The number of ether oxygens (including phenoxy) is 1. The summed E-state index contributed by atoms with van der Waals surface area (Å²) in [6.07, 6.45) is 0.802. The van der Waals surface area contributed by atoms with E-state index in [1.54, 1.807) is 4.57 Å². The summed E-state index contributed by atoms with van der Waals surface area (Å²) in [4.78, 5) is 25.0. The van der Waals surface area contributed by atoms with Gasteiger partial charge in [-0.1, -0.05) is 11.8 Å². The van der Waals surface area contributed by atoms with Gasteiger partial charge in [-0.3, -0.25) is 9.59 Å². The van der Waals surface area contributed by atoms with Gasteiger partial charge in [-0.05, 0) is 13.8 Å². The highest BCUT2D eigenvalue weighted by molar-refractivity contribution is 7.99. The van der Waals surface area contributed by atoms with E-state index in [-0.39, 0.29) is 30.4 Å². The fourth-order valence-electron chi connectivity index (χ4n) is 2.52. The van der Waals surface area contributed by atoms with Crippen LogP contribution in [-0.4, -0.2) is 62.5 Å². The number of carbonyl (C=O) groups is 2. The number of hydrogen-bond acceptors (Lipinski definition) is 6. The Labute approximate surface area is 139 Å². The molecule has 0 spiro atoms. The fraction of sp³-hybridized carbons (Fsp3) is 0.714. The number of thioether (sulfide) groups is 1. The van der Waals surface area contributed by atoms with Crippen molar-refractivity contribution in [1.82, 2.24) is 19.7 Å². The number of amides is 2. The molecule has 2 N–H and O–H groups in total. The molecule has 0 radical (unpaired) electrons. The summed E-state index contributed by atoms with van der Waals surface area (Å²) in [5, 5.41) is 8.77. The average Bonchev–Trinajstić information content (AvgIpc) is 2.82. The van der Waals surface area contributed by atoms with Gasteiger partial charge in [0.25, 0.3) is 0 Å². The van der Waals surface area contributed by atoms with Gasteiger partial charge in [-0.25, -0.2) is 0 Å². The van der Waals surface area contributed by atoms with Crippen LogP contribution in [0.2, 0.25) is 0 Å². The van der Waals surface area contributed by atoms with E-state index in [2.05, 4.69) is 10.2 Å². The van der Waals surface area contributed by atoms with Crippen molar-refractivity contribution in [2.24, 2.45) is 12.8 Å². The van der Waals surface area contributed by atoms with Crippen LogP contribution in [0.25, 0.3) is 0 Å². The van der Waals surface area contributed by atoms with Crippen LogP contribution in [0.3, 0.4) is 0 Å². The van der Waals surface area contributed by atoms with Gasteiger partial charge in [-0.15, -0.1) is 10.2 Å². The summed E-state index contributed by atoms with van der Waals surface area (Å²) in [5.74, 6) is 0.695. The van der Waals surface area contributed by atoms with Crippen LogP contribution in [0, 0.1) is 0 Å². The lowest BCUT2D eigenvalue weighted by atomic mass is 10.2. The number of rotatable bonds is 6. The molecule has 8 nitrogen and oxygen atoms in total. The number of primary amides is 1. The first-order valence-electron chi connectivity index (χ1n) is 7.59. The molecule has 0 unspecified atom stereocenters. The molecule has 128 valence electrons. The Bertz CT molecular complexity index is 567. The number of nitrogens with zero attached hydrogens (tertiary/aromatic N) is 4. The average molecular weight is 341 g/mol. The Morgan fingerprint density at radius 2 is 1.96 bits per heavy atom. The van der Waals surface area contributed by atoms with Crippen LogP contribution in [-0.2, 0) is 27.8 Å². The molecule has 9 heteroatoms. The molecule has 2 heterocycles. The SMILES string of the molecule is C[C@@H]1CN(C(=O)CSc2nnc(CCC(N)=O)n2C)C[C@@H](C)O1. The van der Waals surface area contributed by atoms with Gasteiger partial charge in [0.15, 0.2) is 5.16 Å². The minimum absolute atomic E-state index is 0.0583. The number of aryl methyl sites for hydroxylation is 1. The molecule has 2 atom stereocenters. The number of aromatic nitrogens is 3. The minimum Gasteiger partial charge on any atom is -0.372 e. The first-order valence-corrected chi connectivity index (χ1v) is 8.58. The van der Waals surface area contributed by atoms with Crippen molar-refractivity contribution in [1.29, 1.82) is 0 Å². The van der Waals surface area contributed by atoms with Crippen molar-refractivity contribution < 1.29 is 14.3 Å². The van der Waals surface area contributed by atoms with E-state index in [0.29, 0.717) is 36.2 Å². The van der Waals surface area contributed by atoms with Gasteiger partial charge in [0.05, 0.1) is 18.0 Å². The predicted octanol–water partition coefficient (Wildman–Crippen LogP) is -0.0391. The molecule has 1 saturated heterocycles. The normalized spacial score (nSPS) is 21.4. The van der Waals surface area contributed by atoms with Crippen LogP contribution in [0.15, 0.2) is 5.16 Å². The second-order valence-electron chi connectivity index (χ2n) is 5.77. The Morgan fingerprint density at radius 1 is 1.30 bits per heavy atom. The second-order valence-corrected chi connectivity index (χ2v) is 6.71. The molecule has 0 aliphatic carbocycles. The van der Waals surface area contributed by atoms with Crippen molar-refractivity contribution in [3.05, 3.63) is 5.82 Å². The summed E-state index contributed by atoms with van der Waals surface area (Å²) in [6.45, 7) is 5.17. The third-order valence-corrected chi connectivity index (χ3v) is 4.62. The molecule has 23 heavy (non-hydrogen) atoms. The van der Waals surface area contributed by atoms with Crippen LogP contribution < -0.4 is 5.73 Å². The van der Waals surface area contributed by atoms with Gasteiger partial charge in [-0.2, -0.15) is 0 Å². The Hall–Kier alpha value is -1.61. The van der Waals surface area contributed by atoms with E-state index in [4.69, 9.17) is 10.5 Å². The molecule has 1 aliphatic heterocycles. The van der Waals surface area contributed by atoms with Crippen LogP contribution >= 0.6 is 11.8 Å². The lowest BCUT2D eigenvalue weighted by Gasteiger charge is -2.35. The highest BCUT2D eigenvalue weighted by Crippen LogP contribution is 2.18. The van der Waals surface area contributed by atoms with Gasteiger partial charge >= 0.3 is 0 Å². The smallest absolute Gasteiger partial charge is 0.233 e. The summed E-state index contributed by atoms with van der Waals surface area (Å²) < 4.78 is 7.43. The van der Waals surface area contributed by atoms with E-state index in [1.807, 2.05) is 25.8 Å². The Kier molecular flexibility index (Phi) is 6.00. The molecular formula is C14H23N5O3S. The Balaban J connectivity index is 1.88. The summed E-state index contributed by atoms with van der Waals surface area (Å²) in [5.41, 5.74) is 5.14. The molecule has 2 rings (SSSR count). The lowest BCUT2D eigenvalue weighted by molar-refractivity contribution is -0.140. The first-order chi connectivity index (χ1) is 10.9. The number of nitrogens with two attached hydrogens (primary N) is 1. The Morgan fingerprint density at radius 3 is 2.57 bits per heavy atom. The molecule has 1 aromatic rings. The van der Waals surface area contributed by atoms with Gasteiger partial charge in [0.2, 0.25) is 11.8 Å². The monoisotopic (exact) mass is 341 g/mol. The van der Waals surface area contributed by atoms with Crippen molar-refractivity contribution in [3.8, 4) is 0 Å². The standard InChI is InChI=1S/C14H23N5O3S/c1-9-6-19(7-10(2)22-9)13(21)8-23-14-17-16-12(18(14)3)5-4-11(15)20/h9-10H,4-8H2,1-3H3,(H2,15,20)/t9-,10-/m1/s1. The zero-order valence-electron chi connectivity index (χ0n) is 13.7. The third-order valence-electron chi connectivity index (χ3n) is 3.62. The zero-order valence-corrected chi connectivity index (χ0v) is 14.5. The summed E-state index contributed by atoms with van der Waals surface area (Å²) >= 11 is 1.35. The minimum atomic E-state index is -0.368. The van der Waals surface area contributed by atoms with E-state index in [9.17, 15) is 9.59 Å². The van der Waals surface area contributed by atoms with Crippen LogP contribution in [0.4, 0.5) is 0 Å². The van der Waals surface area contributed by atoms with Crippen molar-refractivity contribution in [2.45, 2.75) is 44.1 Å². The number of morpholine rings is 1. The molecule has 0 saturated carbocycles. The lowest BCUT2D eigenvalue weighted by Crippen LogP contribution is -2.48. The molecule has 0 bridgehead atoms. The molecule has 1 aliphatic rings. The van der Waals surface area contributed by atoms with Crippen LogP contribution in [0.1, 0.15) is 26.1 Å². The maximum Gasteiger partial charge on any atom is 0.233 e. The molecular weight excluding hydrogens is 318 g/mol. The fourth-order valence-corrected chi connectivity index (χ4v) is 3.36. The summed E-state index contributed by atoms with van der Waals surface area (Å²) in [6, 6.07) is 0. The third kappa shape index (κ3) is 4.93. The van der Waals surface area contributed by atoms with Gasteiger partial charge in [0, 0.05) is 33.0 Å². The van der Waals surface area contributed by atoms with E-state index in [1.165, 1.54) is 11.8 Å². The highest BCUT2D eigenvalue weighted by Gasteiger charge is 2.26. The van der Waals surface area contributed by atoms with Crippen molar-refractivity contribution >= 4 is 23.6 Å². The second kappa shape index (κ2) is 7.78. The van der Waals surface area contributed by atoms with E-state index < -0.39 is 0 Å². The first kappa shape index (κ1) is 17.7. The van der Waals surface area contributed by atoms with Gasteiger partial charge < -0.3 is 19.9 Å². The molecule has 1 aromatic heterocycles.